The van der Waals surface area contributed by atoms with Crippen LogP contribution in [-0.4, -0.2) is 6.04 Å². The van der Waals surface area contributed by atoms with Gasteiger partial charge in [0.15, 0.2) is 0 Å². The Morgan fingerprint density at radius 2 is 1.94 bits per heavy atom. The fourth-order valence-electron chi connectivity index (χ4n) is 2.40. The van der Waals surface area contributed by atoms with Crippen molar-refractivity contribution in [1.29, 1.82) is 0 Å². The van der Waals surface area contributed by atoms with E-state index in [1.54, 1.807) is 6.07 Å². The average molecular weight is 286 g/mol. The van der Waals surface area contributed by atoms with E-state index in [9.17, 15) is 4.39 Å². The van der Waals surface area contributed by atoms with Crippen LogP contribution in [0.2, 0.25) is 0 Å². The molecule has 1 nitrogen and oxygen atoms in total. The lowest BCUT2D eigenvalue weighted by Crippen LogP contribution is -2.27. The first-order valence-corrected chi connectivity index (χ1v) is 6.64. The minimum absolute atomic E-state index is 0.0851. The van der Waals surface area contributed by atoms with Crippen molar-refractivity contribution in [3.63, 3.8) is 0 Å². The van der Waals surface area contributed by atoms with Gasteiger partial charge in [0, 0.05) is 10.5 Å². The number of hydrogen-bond acceptors (Lipinski definition) is 1. The van der Waals surface area contributed by atoms with Gasteiger partial charge < -0.3 is 5.73 Å². The lowest BCUT2D eigenvalue weighted by molar-refractivity contribution is 0.322. The molecule has 0 amide bonds. The van der Waals surface area contributed by atoms with E-state index >= 15 is 0 Å². The zero-order valence-electron chi connectivity index (χ0n) is 9.26. The number of benzene rings is 1. The molecule has 1 aromatic rings. The standard InChI is InChI=1S/C13H17BrFN/c14-11-3-6-13(15)10(8-11)7-9-1-4-12(16)5-2-9/h3,6,8-9,12H,1-2,4-5,7,16H2. The van der Waals surface area contributed by atoms with Crippen molar-refractivity contribution in [1.82, 2.24) is 0 Å². The second-order valence-corrected chi connectivity index (χ2v) is 5.64. The zero-order valence-corrected chi connectivity index (χ0v) is 10.8. The van der Waals surface area contributed by atoms with Crippen LogP contribution in [0, 0.1) is 11.7 Å². The average Bonchev–Trinajstić information content (AvgIpc) is 2.27. The van der Waals surface area contributed by atoms with Crippen LogP contribution in [0.25, 0.3) is 0 Å². The van der Waals surface area contributed by atoms with Crippen LogP contribution in [0.3, 0.4) is 0 Å². The Morgan fingerprint density at radius 3 is 2.62 bits per heavy atom. The predicted octanol–water partition coefficient (Wildman–Crippen LogP) is 3.65. The van der Waals surface area contributed by atoms with Crippen molar-refractivity contribution in [3.05, 3.63) is 34.1 Å². The Hall–Kier alpha value is -0.410. The van der Waals surface area contributed by atoms with Crippen LogP contribution in [0.4, 0.5) is 4.39 Å². The molecule has 1 aliphatic rings. The highest BCUT2D eigenvalue weighted by Gasteiger charge is 2.19. The third-order valence-electron chi connectivity index (χ3n) is 3.41. The Labute approximate surface area is 104 Å². The van der Waals surface area contributed by atoms with E-state index < -0.39 is 0 Å². The first-order chi connectivity index (χ1) is 7.65. The van der Waals surface area contributed by atoms with E-state index in [0.29, 0.717) is 12.0 Å². The summed E-state index contributed by atoms with van der Waals surface area (Å²) in [7, 11) is 0. The molecule has 0 bridgehead atoms. The van der Waals surface area contributed by atoms with E-state index in [1.807, 2.05) is 6.07 Å². The predicted molar refractivity (Wildman–Crippen MR) is 67.7 cm³/mol. The number of hydrogen-bond donors (Lipinski definition) is 1. The SMILES string of the molecule is NC1CCC(Cc2cc(Br)ccc2F)CC1. The quantitative estimate of drug-likeness (QED) is 0.882. The Morgan fingerprint density at radius 1 is 1.25 bits per heavy atom. The Balaban J connectivity index is 2.00. The van der Waals surface area contributed by atoms with Crippen molar-refractivity contribution < 1.29 is 4.39 Å². The van der Waals surface area contributed by atoms with Gasteiger partial charge in [0.05, 0.1) is 0 Å². The van der Waals surface area contributed by atoms with Gasteiger partial charge >= 0.3 is 0 Å². The molecule has 2 N–H and O–H groups in total. The molecule has 2 rings (SSSR count). The maximum atomic E-state index is 13.6. The summed E-state index contributed by atoms with van der Waals surface area (Å²) in [4.78, 5) is 0. The Kier molecular flexibility index (Phi) is 3.98. The highest BCUT2D eigenvalue weighted by Crippen LogP contribution is 2.28. The minimum atomic E-state index is -0.0851. The zero-order chi connectivity index (χ0) is 11.5. The third-order valence-corrected chi connectivity index (χ3v) is 3.90. The molecule has 0 unspecified atom stereocenters. The summed E-state index contributed by atoms with van der Waals surface area (Å²) in [5.74, 6) is 0.515. The summed E-state index contributed by atoms with van der Waals surface area (Å²) in [6, 6.07) is 5.54. The van der Waals surface area contributed by atoms with Crippen molar-refractivity contribution in [2.45, 2.75) is 38.1 Å². The Bertz CT molecular complexity index is 359. The van der Waals surface area contributed by atoms with Crippen molar-refractivity contribution in [2.75, 3.05) is 0 Å². The van der Waals surface area contributed by atoms with Crippen LogP contribution in [-0.2, 0) is 6.42 Å². The molecule has 0 aromatic heterocycles. The number of rotatable bonds is 2. The first-order valence-electron chi connectivity index (χ1n) is 5.84. The van der Waals surface area contributed by atoms with Crippen LogP contribution >= 0.6 is 15.9 Å². The fraction of sp³-hybridized carbons (Fsp3) is 0.538. The minimum Gasteiger partial charge on any atom is -0.328 e. The summed E-state index contributed by atoms with van der Waals surface area (Å²) in [5, 5.41) is 0. The normalized spacial score (nSPS) is 25.7. The molecule has 16 heavy (non-hydrogen) atoms. The molecule has 0 spiro atoms. The molecule has 88 valence electrons. The van der Waals surface area contributed by atoms with E-state index in [-0.39, 0.29) is 5.82 Å². The van der Waals surface area contributed by atoms with Crippen molar-refractivity contribution in [3.8, 4) is 0 Å². The molecular formula is C13H17BrFN. The van der Waals surface area contributed by atoms with Gasteiger partial charge in [-0.15, -0.1) is 0 Å². The first kappa shape index (κ1) is 12.1. The second-order valence-electron chi connectivity index (χ2n) is 4.72. The summed E-state index contributed by atoms with van der Waals surface area (Å²) < 4.78 is 14.5. The molecule has 1 aliphatic carbocycles. The van der Waals surface area contributed by atoms with E-state index in [0.717, 1.165) is 42.1 Å². The highest BCUT2D eigenvalue weighted by molar-refractivity contribution is 9.10. The largest absolute Gasteiger partial charge is 0.328 e. The number of halogens is 2. The van der Waals surface area contributed by atoms with E-state index in [4.69, 9.17) is 5.73 Å². The van der Waals surface area contributed by atoms with Gasteiger partial charge in [-0.1, -0.05) is 15.9 Å². The van der Waals surface area contributed by atoms with Crippen LogP contribution in [0.5, 0.6) is 0 Å². The molecular weight excluding hydrogens is 269 g/mol. The molecule has 0 heterocycles. The molecule has 0 radical (unpaired) electrons. The second kappa shape index (κ2) is 5.28. The van der Waals surface area contributed by atoms with Gasteiger partial charge in [-0.3, -0.25) is 0 Å². The molecule has 0 aliphatic heterocycles. The molecule has 0 atom stereocenters. The molecule has 1 aromatic carbocycles. The summed E-state index contributed by atoms with van der Waals surface area (Å²) in [6.45, 7) is 0. The van der Waals surface area contributed by atoms with Crippen LogP contribution in [0.1, 0.15) is 31.2 Å². The van der Waals surface area contributed by atoms with Gasteiger partial charge in [0.25, 0.3) is 0 Å². The summed E-state index contributed by atoms with van der Waals surface area (Å²) in [5.41, 5.74) is 6.69. The lowest BCUT2D eigenvalue weighted by Gasteiger charge is -2.26. The maximum absolute atomic E-state index is 13.6. The van der Waals surface area contributed by atoms with Crippen molar-refractivity contribution in [2.24, 2.45) is 11.7 Å². The van der Waals surface area contributed by atoms with Gasteiger partial charge in [0.1, 0.15) is 5.82 Å². The van der Waals surface area contributed by atoms with Crippen LogP contribution in [0.15, 0.2) is 22.7 Å². The smallest absolute Gasteiger partial charge is 0.126 e. The van der Waals surface area contributed by atoms with E-state index in [1.165, 1.54) is 6.07 Å². The molecule has 1 saturated carbocycles. The molecule has 0 saturated heterocycles. The topological polar surface area (TPSA) is 26.0 Å². The van der Waals surface area contributed by atoms with Gasteiger partial charge in [-0.05, 0) is 61.8 Å². The maximum Gasteiger partial charge on any atom is 0.126 e. The van der Waals surface area contributed by atoms with E-state index in [2.05, 4.69) is 15.9 Å². The monoisotopic (exact) mass is 285 g/mol. The van der Waals surface area contributed by atoms with Gasteiger partial charge in [-0.2, -0.15) is 0 Å². The molecule has 3 heteroatoms. The summed E-state index contributed by atoms with van der Waals surface area (Å²) in [6.07, 6.45) is 5.28. The molecule has 1 fully saturated rings. The lowest BCUT2D eigenvalue weighted by atomic mass is 9.83. The summed E-state index contributed by atoms with van der Waals surface area (Å²) >= 11 is 3.38. The van der Waals surface area contributed by atoms with Crippen LogP contribution < -0.4 is 5.73 Å². The van der Waals surface area contributed by atoms with Gasteiger partial charge in [0.2, 0.25) is 0 Å². The third kappa shape index (κ3) is 3.05. The van der Waals surface area contributed by atoms with Crippen molar-refractivity contribution >= 4 is 15.9 Å². The fourth-order valence-corrected chi connectivity index (χ4v) is 2.81. The van der Waals surface area contributed by atoms with Gasteiger partial charge in [-0.25, -0.2) is 4.39 Å². The highest BCUT2D eigenvalue weighted by atomic mass is 79.9. The number of nitrogens with two attached hydrogens (primary N) is 1.